The van der Waals surface area contributed by atoms with E-state index < -0.39 is 5.91 Å². The molecule has 0 fully saturated rings. The molecule has 4 aromatic rings. The summed E-state index contributed by atoms with van der Waals surface area (Å²) in [5.41, 5.74) is 18.0. The number of primary amides is 1. The van der Waals surface area contributed by atoms with Crippen LogP contribution in [-0.2, 0) is 11.3 Å². The second-order valence-corrected chi connectivity index (χ2v) is 8.18. The van der Waals surface area contributed by atoms with Gasteiger partial charge in [-0.3, -0.25) is 14.7 Å². The molecular formula is C26H20N6O2. The number of nitrogens with zero attached hydrogens (tertiary/aromatic N) is 3. The number of nitrogens with one attached hydrogen (secondary N) is 1. The van der Waals surface area contributed by atoms with Gasteiger partial charge in [0, 0.05) is 23.2 Å². The third-order valence-corrected chi connectivity index (χ3v) is 6.05. The summed E-state index contributed by atoms with van der Waals surface area (Å²) in [6.07, 6.45) is 0. The van der Waals surface area contributed by atoms with E-state index in [1.807, 2.05) is 36.4 Å². The van der Waals surface area contributed by atoms with Crippen LogP contribution in [0.4, 0.5) is 11.4 Å². The first kappa shape index (κ1) is 21.0. The number of carbonyl (C=O) groups is 2. The van der Waals surface area contributed by atoms with Gasteiger partial charge in [0.15, 0.2) is 5.69 Å². The summed E-state index contributed by atoms with van der Waals surface area (Å²) in [7, 11) is 0. The van der Waals surface area contributed by atoms with Crippen molar-refractivity contribution in [2.24, 2.45) is 5.73 Å². The van der Waals surface area contributed by atoms with Gasteiger partial charge in [0.25, 0.3) is 5.91 Å². The van der Waals surface area contributed by atoms with E-state index in [0.29, 0.717) is 23.5 Å². The van der Waals surface area contributed by atoms with E-state index in [1.165, 1.54) is 4.90 Å². The van der Waals surface area contributed by atoms with Crippen molar-refractivity contribution in [3.63, 3.8) is 0 Å². The standard InChI is InChI=1S/C26H20N6O2/c1-14(25(28)33)12-32-13-20-18(7-8-21(27)23(20)26(32)34)15-6-9-22-19(11-15)24(31-30-22)16-4-3-5-17(10-16)29-2/h3-11H,1,12-13,27H2,(H2,28,33)(H,30,31). The Balaban J connectivity index is 1.60. The van der Waals surface area contributed by atoms with E-state index in [2.05, 4.69) is 21.6 Å². The normalized spacial score (nSPS) is 12.6. The molecule has 5 N–H and O–H groups in total. The largest absolute Gasteiger partial charge is 0.398 e. The minimum absolute atomic E-state index is 0.0457. The van der Waals surface area contributed by atoms with Crippen molar-refractivity contribution in [1.82, 2.24) is 15.1 Å². The number of aromatic amines is 1. The van der Waals surface area contributed by atoms with Crippen LogP contribution in [0.25, 0.3) is 38.1 Å². The smallest absolute Gasteiger partial charge is 0.256 e. The van der Waals surface area contributed by atoms with Crippen molar-refractivity contribution in [3.05, 3.63) is 89.3 Å². The molecule has 34 heavy (non-hydrogen) atoms. The molecular weight excluding hydrogens is 428 g/mol. The maximum absolute atomic E-state index is 13.0. The number of hydrogen-bond donors (Lipinski definition) is 3. The predicted octanol–water partition coefficient (Wildman–Crippen LogP) is 4.03. The molecule has 0 aliphatic carbocycles. The zero-order valence-electron chi connectivity index (χ0n) is 18.1. The molecule has 1 aromatic heterocycles. The lowest BCUT2D eigenvalue weighted by atomic mass is 9.94. The molecule has 8 heteroatoms. The zero-order valence-corrected chi connectivity index (χ0v) is 18.1. The Kier molecular flexibility index (Phi) is 4.87. The van der Waals surface area contributed by atoms with E-state index in [9.17, 15) is 9.59 Å². The van der Waals surface area contributed by atoms with Crippen LogP contribution in [0.1, 0.15) is 15.9 Å². The molecule has 0 radical (unpaired) electrons. The van der Waals surface area contributed by atoms with Crippen LogP contribution in [0.5, 0.6) is 0 Å². The molecule has 166 valence electrons. The van der Waals surface area contributed by atoms with E-state index in [-0.39, 0.29) is 18.0 Å². The second kappa shape index (κ2) is 7.90. The fraction of sp³-hybridized carbons (Fsp3) is 0.0769. The summed E-state index contributed by atoms with van der Waals surface area (Å²) in [4.78, 5) is 29.5. The van der Waals surface area contributed by atoms with Crippen LogP contribution in [0.3, 0.4) is 0 Å². The van der Waals surface area contributed by atoms with E-state index in [4.69, 9.17) is 18.0 Å². The van der Waals surface area contributed by atoms with Crippen LogP contribution in [0.15, 0.2) is 66.7 Å². The van der Waals surface area contributed by atoms with Crippen LogP contribution in [0, 0.1) is 6.57 Å². The van der Waals surface area contributed by atoms with Crippen molar-refractivity contribution in [2.75, 3.05) is 12.3 Å². The second-order valence-electron chi connectivity index (χ2n) is 8.18. The summed E-state index contributed by atoms with van der Waals surface area (Å²) < 4.78 is 0. The first-order chi connectivity index (χ1) is 16.4. The summed E-state index contributed by atoms with van der Waals surface area (Å²) in [6, 6.07) is 16.8. The Hall–Kier alpha value is -4.90. The Bertz CT molecular complexity index is 1560. The third-order valence-electron chi connectivity index (χ3n) is 6.05. The Morgan fingerprint density at radius 2 is 2.00 bits per heavy atom. The summed E-state index contributed by atoms with van der Waals surface area (Å²) in [5.74, 6) is -0.894. The summed E-state index contributed by atoms with van der Waals surface area (Å²) in [6.45, 7) is 11.3. The van der Waals surface area contributed by atoms with Crippen LogP contribution in [-0.4, -0.2) is 33.5 Å². The minimum Gasteiger partial charge on any atom is -0.398 e. The minimum atomic E-state index is -0.642. The van der Waals surface area contributed by atoms with Gasteiger partial charge < -0.3 is 16.4 Å². The number of H-pyrrole nitrogens is 1. The summed E-state index contributed by atoms with van der Waals surface area (Å²) in [5, 5.41) is 8.42. The van der Waals surface area contributed by atoms with Crippen molar-refractivity contribution in [2.45, 2.75) is 6.54 Å². The number of aromatic nitrogens is 2. The molecule has 1 aliphatic heterocycles. The first-order valence-electron chi connectivity index (χ1n) is 10.5. The molecule has 0 bridgehead atoms. The molecule has 2 amide bonds. The topological polar surface area (TPSA) is 122 Å². The number of nitrogens with two attached hydrogens (primary N) is 2. The molecule has 5 rings (SSSR count). The van der Waals surface area contributed by atoms with Gasteiger partial charge in [-0.1, -0.05) is 36.9 Å². The van der Waals surface area contributed by atoms with Crippen molar-refractivity contribution < 1.29 is 9.59 Å². The highest BCUT2D eigenvalue weighted by Crippen LogP contribution is 2.38. The molecule has 8 nitrogen and oxygen atoms in total. The van der Waals surface area contributed by atoms with Crippen LogP contribution >= 0.6 is 0 Å². The highest BCUT2D eigenvalue weighted by molar-refractivity contribution is 6.06. The molecule has 0 atom stereocenters. The number of benzene rings is 3. The SMILES string of the molecule is [C-]#[N+]c1cccc(-c2n[nH]c3ccc(-c4ccc(N)c5c4CN(CC(=C)C(N)=O)C5=O)cc23)c1. The van der Waals surface area contributed by atoms with Gasteiger partial charge in [-0.2, -0.15) is 5.10 Å². The van der Waals surface area contributed by atoms with Gasteiger partial charge in [0.05, 0.1) is 29.9 Å². The first-order valence-corrected chi connectivity index (χ1v) is 10.5. The van der Waals surface area contributed by atoms with Gasteiger partial charge in [-0.25, -0.2) is 4.85 Å². The lowest BCUT2D eigenvalue weighted by Crippen LogP contribution is -2.30. The molecule has 0 spiro atoms. The number of fused-ring (bicyclic) bond motifs is 2. The molecule has 2 heterocycles. The van der Waals surface area contributed by atoms with Gasteiger partial charge in [-0.05, 0) is 46.5 Å². The molecule has 1 aliphatic rings. The number of hydrogen-bond acceptors (Lipinski definition) is 4. The van der Waals surface area contributed by atoms with Crippen molar-refractivity contribution >= 4 is 34.1 Å². The quantitative estimate of drug-likeness (QED) is 0.242. The van der Waals surface area contributed by atoms with Gasteiger partial charge in [-0.15, -0.1) is 0 Å². The lowest BCUT2D eigenvalue weighted by Gasteiger charge is -2.15. The van der Waals surface area contributed by atoms with E-state index in [1.54, 1.807) is 18.2 Å². The highest BCUT2D eigenvalue weighted by atomic mass is 16.2. The maximum atomic E-state index is 13.0. The predicted molar refractivity (Wildman–Crippen MR) is 131 cm³/mol. The third kappa shape index (κ3) is 3.36. The van der Waals surface area contributed by atoms with Crippen molar-refractivity contribution in [3.8, 4) is 22.4 Å². The fourth-order valence-electron chi connectivity index (χ4n) is 4.33. The Morgan fingerprint density at radius 3 is 2.76 bits per heavy atom. The molecule has 0 saturated carbocycles. The fourth-order valence-corrected chi connectivity index (χ4v) is 4.33. The van der Waals surface area contributed by atoms with Gasteiger partial charge >= 0.3 is 0 Å². The number of nitrogen functional groups attached to an aromatic ring is 1. The number of amides is 2. The molecule has 3 aromatic carbocycles. The Labute approximate surface area is 195 Å². The van der Waals surface area contributed by atoms with Crippen molar-refractivity contribution in [1.29, 1.82) is 0 Å². The van der Waals surface area contributed by atoms with Gasteiger partial charge in [0.2, 0.25) is 5.91 Å². The van der Waals surface area contributed by atoms with Crippen LogP contribution in [0.2, 0.25) is 0 Å². The van der Waals surface area contributed by atoms with E-state index in [0.717, 1.165) is 38.9 Å². The Morgan fingerprint density at radius 1 is 1.18 bits per heavy atom. The highest BCUT2D eigenvalue weighted by Gasteiger charge is 2.32. The molecule has 0 saturated heterocycles. The maximum Gasteiger partial charge on any atom is 0.256 e. The monoisotopic (exact) mass is 448 g/mol. The average Bonchev–Trinajstić information content (AvgIpc) is 3.40. The average molecular weight is 448 g/mol. The lowest BCUT2D eigenvalue weighted by molar-refractivity contribution is -0.114. The van der Waals surface area contributed by atoms with Crippen LogP contribution < -0.4 is 11.5 Å². The van der Waals surface area contributed by atoms with E-state index >= 15 is 0 Å². The molecule has 0 unspecified atom stereocenters. The number of anilines is 1. The number of rotatable bonds is 5. The number of carbonyl (C=O) groups excluding carboxylic acids is 2. The van der Waals surface area contributed by atoms with Gasteiger partial charge in [0.1, 0.15) is 0 Å². The zero-order chi connectivity index (χ0) is 24.0. The summed E-state index contributed by atoms with van der Waals surface area (Å²) >= 11 is 0.